The molecule has 0 aliphatic rings. The molecule has 0 fully saturated rings. The predicted molar refractivity (Wildman–Crippen MR) is 135 cm³/mol. The standard InChI is InChI=1S/C26H41NS2/c1-6-9-12-14-16-21-19(4)28-25-23(21)27(18-11-8-3)24-22(17-15-13-10-7-2)20(5)29-26(24)25/h6-18H2,1-5H3. The second kappa shape index (κ2) is 11.0. The van der Waals surface area contributed by atoms with Crippen molar-refractivity contribution < 1.29 is 0 Å². The van der Waals surface area contributed by atoms with Gasteiger partial charge in [0.05, 0.1) is 20.4 Å². The Bertz CT molecular complexity index is 839. The van der Waals surface area contributed by atoms with Gasteiger partial charge in [-0.15, -0.1) is 22.7 Å². The van der Waals surface area contributed by atoms with Gasteiger partial charge in [0.2, 0.25) is 0 Å². The van der Waals surface area contributed by atoms with E-state index in [1.54, 1.807) is 41.3 Å². The van der Waals surface area contributed by atoms with Gasteiger partial charge >= 0.3 is 0 Å². The number of hydrogen-bond acceptors (Lipinski definition) is 2. The summed E-state index contributed by atoms with van der Waals surface area (Å²) in [5.41, 5.74) is 6.53. The third-order valence-corrected chi connectivity index (χ3v) is 8.84. The number of aromatic nitrogens is 1. The van der Waals surface area contributed by atoms with E-state index in [0.29, 0.717) is 0 Å². The van der Waals surface area contributed by atoms with Crippen molar-refractivity contribution in [1.29, 1.82) is 0 Å². The second-order valence-corrected chi connectivity index (χ2v) is 11.2. The van der Waals surface area contributed by atoms with Gasteiger partial charge in [-0.1, -0.05) is 65.7 Å². The molecule has 0 aliphatic carbocycles. The molecule has 29 heavy (non-hydrogen) atoms. The molecule has 3 aromatic heterocycles. The van der Waals surface area contributed by atoms with E-state index in [4.69, 9.17) is 0 Å². The van der Waals surface area contributed by atoms with Crippen LogP contribution in [0.2, 0.25) is 0 Å². The van der Waals surface area contributed by atoms with Crippen molar-refractivity contribution in [3.8, 4) is 0 Å². The topological polar surface area (TPSA) is 4.93 Å². The first-order chi connectivity index (χ1) is 14.1. The summed E-state index contributed by atoms with van der Waals surface area (Å²) in [6, 6.07) is 0. The van der Waals surface area contributed by atoms with Gasteiger partial charge in [0, 0.05) is 16.3 Å². The van der Waals surface area contributed by atoms with Gasteiger partial charge in [0.1, 0.15) is 0 Å². The second-order valence-electron chi connectivity index (χ2n) is 8.76. The van der Waals surface area contributed by atoms with E-state index in [1.807, 2.05) is 0 Å². The number of thiophene rings is 2. The van der Waals surface area contributed by atoms with Gasteiger partial charge < -0.3 is 4.57 Å². The van der Waals surface area contributed by atoms with Gasteiger partial charge in [0.25, 0.3) is 0 Å². The highest BCUT2D eigenvalue weighted by Gasteiger charge is 2.23. The van der Waals surface area contributed by atoms with E-state index in [-0.39, 0.29) is 0 Å². The van der Waals surface area contributed by atoms with Crippen molar-refractivity contribution in [1.82, 2.24) is 4.57 Å². The number of fused-ring (bicyclic) bond motifs is 3. The van der Waals surface area contributed by atoms with Crippen molar-refractivity contribution in [2.45, 2.75) is 118 Å². The van der Waals surface area contributed by atoms with Gasteiger partial charge in [-0.3, -0.25) is 0 Å². The zero-order chi connectivity index (χ0) is 20.8. The quantitative estimate of drug-likeness (QED) is 0.237. The molecule has 0 amide bonds. The summed E-state index contributed by atoms with van der Waals surface area (Å²) in [5.74, 6) is 0. The fourth-order valence-corrected chi connectivity index (χ4v) is 7.26. The van der Waals surface area contributed by atoms with E-state index >= 15 is 0 Å². The highest BCUT2D eigenvalue weighted by molar-refractivity contribution is 7.27. The Hall–Kier alpha value is -0.800. The molecule has 3 rings (SSSR count). The van der Waals surface area contributed by atoms with Crippen LogP contribution in [-0.2, 0) is 19.4 Å². The molecule has 162 valence electrons. The summed E-state index contributed by atoms with van der Waals surface area (Å²) in [4.78, 5) is 3.13. The normalized spacial score (nSPS) is 12.0. The highest BCUT2D eigenvalue weighted by atomic mass is 32.1. The lowest BCUT2D eigenvalue weighted by Gasteiger charge is -2.11. The van der Waals surface area contributed by atoms with Crippen LogP contribution in [-0.4, -0.2) is 4.57 Å². The predicted octanol–water partition coefficient (Wildman–Crippen LogP) is 9.58. The molecule has 0 bridgehead atoms. The van der Waals surface area contributed by atoms with Crippen molar-refractivity contribution in [3.63, 3.8) is 0 Å². The van der Waals surface area contributed by atoms with Gasteiger partial charge in [-0.2, -0.15) is 0 Å². The number of rotatable bonds is 13. The first-order valence-electron chi connectivity index (χ1n) is 12.2. The molecule has 3 aromatic rings. The molecule has 1 nitrogen and oxygen atoms in total. The molecule has 0 atom stereocenters. The lowest BCUT2D eigenvalue weighted by atomic mass is 10.1. The van der Waals surface area contributed by atoms with Crippen LogP contribution < -0.4 is 0 Å². The molecular weight excluding hydrogens is 390 g/mol. The monoisotopic (exact) mass is 431 g/mol. The molecule has 3 heteroatoms. The van der Waals surface area contributed by atoms with E-state index in [0.717, 1.165) is 0 Å². The Labute approximate surface area is 186 Å². The van der Waals surface area contributed by atoms with Crippen LogP contribution in [0.5, 0.6) is 0 Å². The van der Waals surface area contributed by atoms with Crippen LogP contribution in [0.25, 0.3) is 20.4 Å². The summed E-state index contributed by atoms with van der Waals surface area (Å²) >= 11 is 4.14. The Morgan fingerprint density at radius 3 is 1.45 bits per heavy atom. The maximum Gasteiger partial charge on any atom is 0.0706 e. The smallest absolute Gasteiger partial charge is 0.0706 e. The van der Waals surface area contributed by atoms with Crippen molar-refractivity contribution in [2.24, 2.45) is 0 Å². The molecular formula is C26H41NS2. The fraction of sp³-hybridized carbons (Fsp3) is 0.692. The van der Waals surface area contributed by atoms with Crippen LogP contribution in [0, 0.1) is 13.8 Å². The molecule has 0 saturated heterocycles. The van der Waals surface area contributed by atoms with E-state index in [2.05, 4.69) is 61.9 Å². The molecule has 0 aliphatic heterocycles. The first-order valence-corrected chi connectivity index (χ1v) is 13.8. The molecule has 0 unspecified atom stereocenters. The molecule has 0 aromatic carbocycles. The van der Waals surface area contributed by atoms with Gasteiger partial charge in [0.15, 0.2) is 0 Å². The van der Waals surface area contributed by atoms with E-state index in [9.17, 15) is 0 Å². The van der Waals surface area contributed by atoms with Gasteiger partial charge in [-0.05, 0) is 57.1 Å². The molecule has 3 heterocycles. The molecule has 0 spiro atoms. The van der Waals surface area contributed by atoms with Crippen molar-refractivity contribution in [2.75, 3.05) is 0 Å². The zero-order valence-electron chi connectivity index (χ0n) is 19.5. The Balaban J connectivity index is 2.03. The number of hydrogen-bond donors (Lipinski definition) is 0. The first kappa shape index (κ1) is 22.9. The van der Waals surface area contributed by atoms with Crippen molar-refractivity contribution in [3.05, 3.63) is 20.9 Å². The molecule has 0 saturated carbocycles. The fourth-order valence-electron chi connectivity index (χ4n) is 4.71. The number of nitrogens with zero attached hydrogens (tertiary/aromatic N) is 1. The lowest BCUT2D eigenvalue weighted by Crippen LogP contribution is -2.02. The maximum atomic E-state index is 2.76. The summed E-state index contributed by atoms with van der Waals surface area (Å²) in [7, 11) is 0. The van der Waals surface area contributed by atoms with E-state index in [1.165, 1.54) is 83.6 Å². The van der Waals surface area contributed by atoms with E-state index < -0.39 is 0 Å². The minimum Gasteiger partial charge on any atom is -0.339 e. The molecule has 0 N–H and O–H groups in total. The largest absolute Gasteiger partial charge is 0.339 e. The molecule has 0 radical (unpaired) electrons. The maximum absolute atomic E-state index is 2.76. The van der Waals surface area contributed by atoms with Crippen LogP contribution >= 0.6 is 22.7 Å². The van der Waals surface area contributed by atoms with Crippen LogP contribution in [0.1, 0.15) is 106 Å². The summed E-state index contributed by atoms with van der Waals surface area (Å²) in [5, 5.41) is 0. The minimum absolute atomic E-state index is 1.19. The number of unbranched alkanes of at least 4 members (excludes halogenated alkanes) is 7. The summed E-state index contributed by atoms with van der Waals surface area (Å²) in [6.45, 7) is 12.9. The summed E-state index contributed by atoms with van der Waals surface area (Å²) in [6.07, 6.45) is 15.9. The summed E-state index contributed by atoms with van der Waals surface area (Å²) < 4.78 is 5.94. The van der Waals surface area contributed by atoms with Crippen molar-refractivity contribution >= 4 is 43.1 Å². The Morgan fingerprint density at radius 1 is 0.586 bits per heavy atom. The van der Waals surface area contributed by atoms with Gasteiger partial charge in [-0.25, -0.2) is 0 Å². The minimum atomic E-state index is 1.19. The third-order valence-electron chi connectivity index (χ3n) is 6.40. The van der Waals surface area contributed by atoms with Crippen LogP contribution in [0.4, 0.5) is 0 Å². The average molecular weight is 432 g/mol. The average Bonchev–Trinajstić information content (AvgIpc) is 3.29. The third kappa shape index (κ3) is 4.93. The Kier molecular flexibility index (Phi) is 8.68. The van der Waals surface area contributed by atoms with Crippen LogP contribution in [0.3, 0.4) is 0 Å². The SMILES string of the molecule is CCCCCCc1c(C)sc2c3sc(C)c(CCCCCC)c3n(CCCC)c12. The lowest BCUT2D eigenvalue weighted by molar-refractivity contribution is 0.648. The van der Waals surface area contributed by atoms with Crippen LogP contribution in [0.15, 0.2) is 0 Å². The number of aryl methyl sites for hydroxylation is 5. The highest BCUT2D eigenvalue weighted by Crippen LogP contribution is 2.45. The zero-order valence-corrected chi connectivity index (χ0v) is 21.1. The Morgan fingerprint density at radius 2 is 1.03 bits per heavy atom.